The molecule has 0 fully saturated rings. The van der Waals surface area contributed by atoms with Gasteiger partial charge in [-0.1, -0.05) is 34.1 Å². The average Bonchev–Trinajstić information content (AvgIpc) is 1.95. The third-order valence-electron chi connectivity index (χ3n) is 2.03. The van der Waals surface area contributed by atoms with E-state index in [4.69, 9.17) is 5.11 Å². The van der Waals surface area contributed by atoms with Crippen molar-refractivity contribution >= 4 is 16.0 Å². The van der Waals surface area contributed by atoms with Crippen LogP contribution < -0.4 is 4.72 Å². The van der Waals surface area contributed by atoms with Crippen LogP contribution in [0.25, 0.3) is 0 Å². The van der Waals surface area contributed by atoms with Gasteiger partial charge in [-0.25, -0.2) is 13.1 Å². The lowest BCUT2D eigenvalue weighted by atomic mass is 10.0. The Morgan fingerprint density at radius 3 is 2.24 bits per heavy atom. The van der Waals surface area contributed by atoms with Gasteiger partial charge in [0.15, 0.2) is 0 Å². The monoisotopic (exact) mass is 265 g/mol. The van der Waals surface area contributed by atoms with E-state index in [9.17, 15) is 13.2 Å². The lowest BCUT2D eigenvalue weighted by Gasteiger charge is -2.21. The van der Waals surface area contributed by atoms with Crippen LogP contribution in [-0.4, -0.2) is 31.3 Å². The van der Waals surface area contributed by atoms with E-state index in [1.54, 1.807) is 0 Å². The Bertz CT molecular complexity index is 343. The molecule has 0 aromatic rings. The SMILES string of the molecule is CCCC(CC(=O)O)NS(=O)(=O)CC(C)(C)C. The number of rotatable bonds is 7. The van der Waals surface area contributed by atoms with Crippen LogP contribution in [0.4, 0.5) is 0 Å². The molecule has 0 rings (SSSR count). The number of sulfonamides is 1. The number of nitrogens with one attached hydrogen (secondary N) is 1. The minimum Gasteiger partial charge on any atom is -0.481 e. The minimum atomic E-state index is -3.42. The van der Waals surface area contributed by atoms with Crippen molar-refractivity contribution in [1.82, 2.24) is 4.72 Å². The highest BCUT2D eigenvalue weighted by molar-refractivity contribution is 7.89. The smallest absolute Gasteiger partial charge is 0.304 e. The topological polar surface area (TPSA) is 83.5 Å². The molecule has 0 bridgehead atoms. The van der Waals surface area contributed by atoms with E-state index in [1.165, 1.54) is 0 Å². The van der Waals surface area contributed by atoms with Crippen LogP contribution in [0.15, 0.2) is 0 Å². The molecule has 6 heteroatoms. The molecule has 5 nitrogen and oxygen atoms in total. The summed E-state index contributed by atoms with van der Waals surface area (Å²) in [5.41, 5.74) is -0.341. The van der Waals surface area contributed by atoms with Gasteiger partial charge in [0.25, 0.3) is 0 Å². The van der Waals surface area contributed by atoms with Crippen LogP contribution in [0.5, 0.6) is 0 Å². The fraction of sp³-hybridized carbons (Fsp3) is 0.909. The second kappa shape index (κ2) is 6.35. The van der Waals surface area contributed by atoms with Gasteiger partial charge in [0, 0.05) is 6.04 Å². The Hall–Kier alpha value is -0.620. The predicted molar refractivity (Wildman–Crippen MR) is 67.3 cm³/mol. The Morgan fingerprint density at radius 1 is 1.35 bits per heavy atom. The molecule has 17 heavy (non-hydrogen) atoms. The summed E-state index contributed by atoms with van der Waals surface area (Å²) in [6.07, 6.45) is 1.11. The summed E-state index contributed by atoms with van der Waals surface area (Å²) in [7, 11) is -3.42. The predicted octanol–water partition coefficient (Wildman–Crippen LogP) is 1.60. The number of carboxylic acids is 1. The molecule has 1 unspecified atom stereocenters. The summed E-state index contributed by atoms with van der Waals surface area (Å²) in [5, 5.41) is 8.71. The molecule has 0 saturated carbocycles. The van der Waals surface area contributed by atoms with Crippen LogP contribution in [0.3, 0.4) is 0 Å². The van der Waals surface area contributed by atoms with Crippen LogP contribution in [0.1, 0.15) is 47.0 Å². The molecule has 2 N–H and O–H groups in total. The zero-order chi connectivity index (χ0) is 13.7. The van der Waals surface area contributed by atoms with Crippen LogP contribution in [0.2, 0.25) is 0 Å². The van der Waals surface area contributed by atoms with Gasteiger partial charge in [-0.15, -0.1) is 0 Å². The normalized spacial score (nSPS) is 14.6. The number of carbonyl (C=O) groups is 1. The van der Waals surface area contributed by atoms with Crippen LogP contribution in [0, 0.1) is 5.41 Å². The molecule has 0 heterocycles. The third kappa shape index (κ3) is 9.12. The second-order valence-electron chi connectivity index (χ2n) is 5.52. The number of aliphatic carboxylic acids is 1. The van der Waals surface area contributed by atoms with Crippen molar-refractivity contribution in [3.8, 4) is 0 Å². The first-order chi connectivity index (χ1) is 7.56. The molecule has 0 aliphatic rings. The van der Waals surface area contributed by atoms with E-state index in [0.29, 0.717) is 6.42 Å². The van der Waals surface area contributed by atoms with Crippen LogP contribution >= 0.6 is 0 Å². The van der Waals surface area contributed by atoms with Crippen molar-refractivity contribution in [2.45, 2.75) is 53.0 Å². The Morgan fingerprint density at radius 2 is 1.88 bits per heavy atom. The second-order valence-corrected chi connectivity index (χ2v) is 7.27. The van der Waals surface area contributed by atoms with Gasteiger partial charge in [-0.05, 0) is 11.8 Å². The van der Waals surface area contributed by atoms with Gasteiger partial charge in [0.1, 0.15) is 0 Å². The quantitative estimate of drug-likeness (QED) is 0.732. The zero-order valence-electron chi connectivity index (χ0n) is 11.0. The fourth-order valence-corrected chi connectivity index (χ4v) is 3.56. The number of hydrogen-bond donors (Lipinski definition) is 2. The van der Waals surface area contributed by atoms with Gasteiger partial charge in [-0.3, -0.25) is 4.79 Å². The summed E-state index contributed by atoms with van der Waals surface area (Å²) < 4.78 is 26.1. The highest BCUT2D eigenvalue weighted by atomic mass is 32.2. The van der Waals surface area contributed by atoms with Crippen molar-refractivity contribution in [3.05, 3.63) is 0 Å². The van der Waals surface area contributed by atoms with Crippen molar-refractivity contribution < 1.29 is 18.3 Å². The molecule has 0 radical (unpaired) electrons. The molecule has 0 aromatic carbocycles. The number of hydrogen-bond acceptors (Lipinski definition) is 3. The van der Waals surface area contributed by atoms with Gasteiger partial charge in [-0.2, -0.15) is 0 Å². The lowest BCUT2D eigenvalue weighted by molar-refractivity contribution is -0.137. The molecule has 0 spiro atoms. The minimum absolute atomic E-state index is 0.000165. The number of carboxylic acid groups (broad SMARTS) is 1. The molecule has 1 atom stereocenters. The summed E-state index contributed by atoms with van der Waals surface area (Å²) >= 11 is 0. The Labute approximate surface area is 104 Å². The summed E-state index contributed by atoms with van der Waals surface area (Å²) in [5.74, 6) is -0.985. The summed E-state index contributed by atoms with van der Waals surface area (Å²) in [6.45, 7) is 7.39. The first kappa shape index (κ1) is 16.4. The van der Waals surface area contributed by atoms with Gasteiger partial charge in [0.2, 0.25) is 10.0 Å². The maximum atomic E-state index is 11.8. The maximum absolute atomic E-state index is 11.8. The first-order valence-corrected chi connectivity index (χ1v) is 7.43. The average molecular weight is 265 g/mol. The summed E-state index contributed by atoms with van der Waals surface area (Å²) in [6, 6.07) is -0.509. The highest BCUT2D eigenvalue weighted by Gasteiger charge is 2.25. The fourth-order valence-electron chi connectivity index (χ4n) is 1.63. The lowest BCUT2D eigenvalue weighted by Crippen LogP contribution is -2.40. The van der Waals surface area contributed by atoms with Gasteiger partial charge < -0.3 is 5.11 Å². The van der Waals surface area contributed by atoms with E-state index in [1.807, 2.05) is 27.7 Å². The van der Waals surface area contributed by atoms with E-state index >= 15 is 0 Å². The van der Waals surface area contributed by atoms with E-state index in [2.05, 4.69) is 4.72 Å². The molecule has 0 aromatic heterocycles. The molecule has 102 valence electrons. The van der Waals surface area contributed by atoms with E-state index in [-0.39, 0.29) is 17.6 Å². The first-order valence-electron chi connectivity index (χ1n) is 5.77. The molecule has 0 amide bonds. The molecular formula is C11H23NO4S. The van der Waals surface area contributed by atoms with Crippen molar-refractivity contribution in [1.29, 1.82) is 0 Å². The van der Waals surface area contributed by atoms with Crippen molar-refractivity contribution in [2.75, 3.05) is 5.75 Å². The molecular weight excluding hydrogens is 242 g/mol. The Kier molecular flexibility index (Phi) is 6.12. The largest absolute Gasteiger partial charge is 0.481 e. The van der Waals surface area contributed by atoms with E-state index in [0.717, 1.165) is 6.42 Å². The van der Waals surface area contributed by atoms with Crippen molar-refractivity contribution in [2.24, 2.45) is 5.41 Å². The van der Waals surface area contributed by atoms with Gasteiger partial charge in [0.05, 0.1) is 12.2 Å². The molecule has 0 aliphatic heterocycles. The van der Waals surface area contributed by atoms with Crippen LogP contribution in [-0.2, 0) is 14.8 Å². The maximum Gasteiger partial charge on any atom is 0.304 e. The zero-order valence-corrected chi connectivity index (χ0v) is 11.8. The molecule has 0 aliphatic carbocycles. The third-order valence-corrected chi connectivity index (χ3v) is 3.97. The highest BCUT2D eigenvalue weighted by Crippen LogP contribution is 2.16. The standard InChI is InChI=1S/C11H23NO4S/c1-5-6-9(7-10(13)14)12-17(15,16)8-11(2,3)4/h9,12H,5-8H2,1-4H3,(H,13,14). The Balaban J connectivity index is 4.58. The van der Waals surface area contributed by atoms with Gasteiger partial charge >= 0.3 is 5.97 Å². The van der Waals surface area contributed by atoms with Crippen molar-refractivity contribution in [3.63, 3.8) is 0 Å². The van der Waals surface area contributed by atoms with E-state index < -0.39 is 22.0 Å². The molecule has 0 saturated heterocycles. The summed E-state index contributed by atoms with van der Waals surface area (Å²) in [4.78, 5) is 10.6.